The lowest BCUT2D eigenvalue weighted by atomic mass is 9.99. The zero-order valence-electron chi connectivity index (χ0n) is 10.2. The first-order chi connectivity index (χ1) is 8.45. The smallest absolute Gasteiger partial charge is 0.282 e. The molecule has 0 saturated carbocycles. The Hall–Kier alpha value is -1.17. The lowest BCUT2D eigenvalue weighted by Gasteiger charge is -2.13. The summed E-state index contributed by atoms with van der Waals surface area (Å²) in [5.41, 5.74) is 2.62. The Balaban J connectivity index is 2.80. The van der Waals surface area contributed by atoms with Gasteiger partial charge in [0, 0.05) is 4.88 Å². The molecule has 96 valence electrons. The van der Waals surface area contributed by atoms with Gasteiger partial charge in [-0.1, -0.05) is 19.1 Å². The van der Waals surface area contributed by atoms with Crippen LogP contribution in [0.3, 0.4) is 0 Å². The fourth-order valence-electron chi connectivity index (χ4n) is 2.10. The number of rotatable bonds is 3. The molecular formula is C13H14O3S2. The molecule has 0 bridgehead atoms. The van der Waals surface area contributed by atoms with Crippen molar-refractivity contribution in [3.05, 3.63) is 40.8 Å². The van der Waals surface area contributed by atoms with Crippen molar-refractivity contribution in [1.29, 1.82) is 0 Å². The maximum Gasteiger partial charge on any atom is 0.294 e. The minimum Gasteiger partial charge on any atom is -0.282 e. The third-order valence-corrected chi connectivity index (χ3v) is 4.70. The Labute approximate surface area is 111 Å². The van der Waals surface area contributed by atoms with Crippen LogP contribution < -0.4 is 0 Å². The Bertz CT molecular complexity index is 656. The first kappa shape index (κ1) is 13.3. The molecule has 0 aliphatic rings. The summed E-state index contributed by atoms with van der Waals surface area (Å²) in [6.07, 6.45) is 0.560. The second-order valence-corrected chi connectivity index (χ2v) is 6.38. The molecule has 0 aliphatic heterocycles. The van der Waals surface area contributed by atoms with Crippen molar-refractivity contribution < 1.29 is 13.0 Å². The number of hydrogen-bond acceptors (Lipinski definition) is 3. The SMILES string of the molecule is CCc1c(S(=O)(=O)O)ccc(C)c1-c1cccs1. The fraction of sp³-hybridized carbons (Fsp3) is 0.231. The van der Waals surface area contributed by atoms with Gasteiger partial charge < -0.3 is 0 Å². The first-order valence-electron chi connectivity index (χ1n) is 5.59. The highest BCUT2D eigenvalue weighted by Gasteiger charge is 2.19. The van der Waals surface area contributed by atoms with E-state index in [1.54, 1.807) is 17.4 Å². The van der Waals surface area contributed by atoms with Crippen LogP contribution in [-0.4, -0.2) is 13.0 Å². The molecule has 0 aliphatic carbocycles. The normalized spacial score (nSPS) is 11.7. The fourth-order valence-corrected chi connectivity index (χ4v) is 3.76. The van der Waals surface area contributed by atoms with Crippen molar-refractivity contribution in [3.63, 3.8) is 0 Å². The molecule has 0 saturated heterocycles. The molecule has 1 heterocycles. The van der Waals surface area contributed by atoms with Gasteiger partial charge in [0.15, 0.2) is 0 Å². The molecule has 0 spiro atoms. The first-order valence-corrected chi connectivity index (χ1v) is 7.91. The average molecular weight is 282 g/mol. The van der Waals surface area contributed by atoms with Crippen LogP contribution in [0.2, 0.25) is 0 Å². The lowest BCUT2D eigenvalue weighted by Crippen LogP contribution is -2.05. The van der Waals surface area contributed by atoms with Crippen LogP contribution in [0.5, 0.6) is 0 Å². The summed E-state index contributed by atoms with van der Waals surface area (Å²) in [4.78, 5) is 1.04. The summed E-state index contributed by atoms with van der Waals surface area (Å²) < 4.78 is 32.1. The highest BCUT2D eigenvalue weighted by molar-refractivity contribution is 7.85. The standard InChI is InChI=1S/C13H14O3S2/c1-3-10-12(18(14,15)16)7-6-9(2)13(10)11-5-4-8-17-11/h4-8H,3H2,1-2H3,(H,14,15,16). The molecule has 1 N–H and O–H groups in total. The van der Waals surface area contributed by atoms with Crippen LogP contribution in [0, 0.1) is 6.92 Å². The van der Waals surface area contributed by atoms with E-state index in [1.807, 2.05) is 31.4 Å². The second-order valence-electron chi connectivity index (χ2n) is 4.04. The Morgan fingerprint density at radius 2 is 2.00 bits per heavy atom. The van der Waals surface area contributed by atoms with E-state index in [1.165, 1.54) is 6.07 Å². The Kier molecular flexibility index (Phi) is 3.56. The van der Waals surface area contributed by atoms with Crippen LogP contribution in [-0.2, 0) is 16.5 Å². The third kappa shape index (κ3) is 2.34. The van der Waals surface area contributed by atoms with Crippen molar-refractivity contribution in [3.8, 4) is 10.4 Å². The van der Waals surface area contributed by atoms with Crippen LogP contribution in [0.4, 0.5) is 0 Å². The molecule has 0 unspecified atom stereocenters. The largest absolute Gasteiger partial charge is 0.294 e. The molecule has 18 heavy (non-hydrogen) atoms. The molecule has 3 nitrogen and oxygen atoms in total. The molecule has 2 rings (SSSR count). The average Bonchev–Trinajstić information content (AvgIpc) is 2.79. The molecule has 0 atom stereocenters. The van der Waals surface area contributed by atoms with E-state index < -0.39 is 10.1 Å². The number of thiophene rings is 1. The van der Waals surface area contributed by atoms with Gasteiger partial charge >= 0.3 is 0 Å². The van der Waals surface area contributed by atoms with Gasteiger partial charge in [-0.25, -0.2) is 0 Å². The van der Waals surface area contributed by atoms with Gasteiger partial charge in [-0.15, -0.1) is 11.3 Å². The maximum absolute atomic E-state index is 11.4. The second kappa shape index (κ2) is 4.84. The highest BCUT2D eigenvalue weighted by atomic mass is 32.2. The van der Waals surface area contributed by atoms with Gasteiger partial charge in [0.05, 0.1) is 4.90 Å². The van der Waals surface area contributed by atoms with E-state index in [4.69, 9.17) is 0 Å². The van der Waals surface area contributed by atoms with Crippen molar-refractivity contribution in [2.24, 2.45) is 0 Å². The van der Waals surface area contributed by atoms with Crippen molar-refractivity contribution in [2.75, 3.05) is 0 Å². The number of hydrogen-bond donors (Lipinski definition) is 1. The topological polar surface area (TPSA) is 54.4 Å². The van der Waals surface area contributed by atoms with Crippen LogP contribution in [0.15, 0.2) is 34.5 Å². The van der Waals surface area contributed by atoms with Crippen molar-refractivity contribution >= 4 is 21.5 Å². The van der Waals surface area contributed by atoms with Gasteiger partial charge in [0.25, 0.3) is 10.1 Å². The molecule has 0 radical (unpaired) electrons. The quantitative estimate of drug-likeness (QED) is 0.876. The molecule has 5 heteroatoms. The monoisotopic (exact) mass is 282 g/mol. The minimum absolute atomic E-state index is 0.0130. The summed E-state index contributed by atoms with van der Waals surface area (Å²) in [5, 5.41) is 1.95. The highest BCUT2D eigenvalue weighted by Crippen LogP contribution is 2.34. The van der Waals surface area contributed by atoms with Crippen LogP contribution >= 0.6 is 11.3 Å². The zero-order chi connectivity index (χ0) is 13.3. The van der Waals surface area contributed by atoms with E-state index in [9.17, 15) is 13.0 Å². The summed E-state index contributed by atoms with van der Waals surface area (Å²) in [7, 11) is -4.17. The van der Waals surface area contributed by atoms with E-state index in [2.05, 4.69) is 0 Å². The Morgan fingerprint density at radius 3 is 2.50 bits per heavy atom. The molecule has 0 fully saturated rings. The minimum atomic E-state index is -4.17. The number of aryl methyl sites for hydroxylation is 1. The molecular weight excluding hydrogens is 268 g/mol. The van der Waals surface area contributed by atoms with Crippen LogP contribution in [0.25, 0.3) is 10.4 Å². The molecule has 1 aromatic heterocycles. The third-order valence-electron chi connectivity index (χ3n) is 2.88. The Morgan fingerprint density at radius 1 is 1.28 bits per heavy atom. The summed E-state index contributed by atoms with van der Waals surface area (Å²) in [6.45, 7) is 3.84. The van der Waals surface area contributed by atoms with E-state index in [0.717, 1.165) is 16.0 Å². The van der Waals surface area contributed by atoms with E-state index in [0.29, 0.717) is 12.0 Å². The summed E-state index contributed by atoms with van der Waals surface area (Å²) in [6, 6.07) is 7.09. The van der Waals surface area contributed by atoms with Crippen LogP contribution in [0.1, 0.15) is 18.1 Å². The van der Waals surface area contributed by atoms with Gasteiger partial charge in [0.1, 0.15) is 0 Å². The maximum atomic E-state index is 11.4. The van der Waals surface area contributed by atoms with Gasteiger partial charge in [-0.3, -0.25) is 4.55 Å². The predicted octanol–water partition coefficient (Wildman–Crippen LogP) is 3.53. The summed E-state index contributed by atoms with van der Waals surface area (Å²) in [5.74, 6) is 0. The number of benzene rings is 1. The molecule has 1 aromatic carbocycles. The van der Waals surface area contributed by atoms with Gasteiger partial charge in [-0.05, 0) is 47.5 Å². The van der Waals surface area contributed by atoms with Gasteiger partial charge in [0.2, 0.25) is 0 Å². The van der Waals surface area contributed by atoms with Crippen molar-refractivity contribution in [2.45, 2.75) is 25.2 Å². The molecule has 2 aromatic rings. The lowest BCUT2D eigenvalue weighted by molar-refractivity contribution is 0.482. The molecule has 0 amide bonds. The van der Waals surface area contributed by atoms with E-state index >= 15 is 0 Å². The van der Waals surface area contributed by atoms with Gasteiger partial charge in [-0.2, -0.15) is 8.42 Å². The van der Waals surface area contributed by atoms with E-state index in [-0.39, 0.29) is 4.90 Å². The predicted molar refractivity (Wildman–Crippen MR) is 73.7 cm³/mol. The van der Waals surface area contributed by atoms with Crippen molar-refractivity contribution in [1.82, 2.24) is 0 Å². The summed E-state index contributed by atoms with van der Waals surface area (Å²) >= 11 is 1.56. The zero-order valence-corrected chi connectivity index (χ0v) is 11.8.